The first-order chi connectivity index (χ1) is 7.13. The highest BCUT2D eigenvalue weighted by Crippen LogP contribution is 2.15. The Morgan fingerprint density at radius 1 is 1.40 bits per heavy atom. The monoisotopic (exact) mass is 214 g/mol. The minimum atomic E-state index is -0.804. The van der Waals surface area contributed by atoms with E-state index in [2.05, 4.69) is 5.32 Å². The second-order valence-electron chi connectivity index (χ2n) is 3.77. The molecule has 1 heterocycles. The van der Waals surface area contributed by atoms with Gasteiger partial charge in [0.1, 0.15) is 0 Å². The van der Waals surface area contributed by atoms with Gasteiger partial charge in [0.2, 0.25) is 5.91 Å². The molecule has 1 fully saturated rings. The number of hydrogen-bond donors (Lipinski definition) is 3. The van der Waals surface area contributed by atoms with Gasteiger partial charge in [-0.1, -0.05) is 6.42 Å². The third-order valence-corrected chi connectivity index (χ3v) is 2.63. The van der Waals surface area contributed by atoms with E-state index in [1.54, 1.807) is 0 Å². The lowest BCUT2D eigenvalue weighted by molar-refractivity contribution is -0.121. The molecule has 0 aromatic heterocycles. The number of imide groups is 1. The zero-order chi connectivity index (χ0) is 11.3. The maximum absolute atomic E-state index is 11.3. The summed E-state index contributed by atoms with van der Waals surface area (Å²) >= 11 is 0. The first-order valence-corrected chi connectivity index (χ1v) is 5.17. The molecular formula is C9H18N4O2. The standard InChI is InChI=1S/C9H18N4O2/c10-5-7-3-1-2-4-13(7)6-8(14)12-9(11)15/h7H,1-6,10H2,(H3,11,12,14,15). The average Bonchev–Trinajstić information content (AvgIpc) is 2.17. The van der Waals surface area contributed by atoms with Crippen molar-refractivity contribution in [2.45, 2.75) is 25.3 Å². The van der Waals surface area contributed by atoms with Crippen molar-refractivity contribution in [2.24, 2.45) is 11.5 Å². The summed E-state index contributed by atoms with van der Waals surface area (Å²) in [6, 6.07) is -0.557. The quantitative estimate of drug-likeness (QED) is 0.560. The Balaban J connectivity index is 2.40. The molecule has 6 heteroatoms. The number of nitrogens with two attached hydrogens (primary N) is 2. The number of amides is 3. The second kappa shape index (κ2) is 5.67. The third-order valence-electron chi connectivity index (χ3n) is 2.63. The maximum atomic E-state index is 11.3. The SMILES string of the molecule is NCC1CCCCN1CC(=O)NC(N)=O. The first kappa shape index (κ1) is 11.9. The van der Waals surface area contributed by atoms with E-state index in [0.29, 0.717) is 6.54 Å². The van der Waals surface area contributed by atoms with E-state index >= 15 is 0 Å². The number of piperidine rings is 1. The van der Waals surface area contributed by atoms with Crippen LogP contribution in [-0.4, -0.2) is 42.5 Å². The number of primary amides is 1. The summed E-state index contributed by atoms with van der Waals surface area (Å²) < 4.78 is 0. The van der Waals surface area contributed by atoms with E-state index in [0.717, 1.165) is 25.8 Å². The summed E-state index contributed by atoms with van der Waals surface area (Å²) in [5.74, 6) is -0.358. The van der Waals surface area contributed by atoms with Gasteiger partial charge in [-0.25, -0.2) is 4.79 Å². The predicted octanol–water partition coefficient (Wildman–Crippen LogP) is -1.01. The molecule has 0 aromatic carbocycles. The molecule has 1 saturated heterocycles. The van der Waals surface area contributed by atoms with Crippen LogP contribution < -0.4 is 16.8 Å². The lowest BCUT2D eigenvalue weighted by Gasteiger charge is -2.34. The number of nitrogens with one attached hydrogen (secondary N) is 1. The number of nitrogens with zero attached hydrogens (tertiary/aromatic N) is 1. The van der Waals surface area contributed by atoms with Crippen LogP contribution in [0, 0.1) is 0 Å². The summed E-state index contributed by atoms with van der Waals surface area (Å²) in [6.45, 7) is 1.60. The molecule has 86 valence electrons. The van der Waals surface area contributed by atoms with Crippen molar-refractivity contribution in [3.8, 4) is 0 Å². The fourth-order valence-corrected chi connectivity index (χ4v) is 1.90. The van der Waals surface area contributed by atoms with Crippen molar-refractivity contribution >= 4 is 11.9 Å². The lowest BCUT2D eigenvalue weighted by Crippen LogP contribution is -2.50. The van der Waals surface area contributed by atoms with Crippen molar-refractivity contribution in [1.82, 2.24) is 10.2 Å². The fourth-order valence-electron chi connectivity index (χ4n) is 1.90. The van der Waals surface area contributed by atoms with Crippen molar-refractivity contribution in [2.75, 3.05) is 19.6 Å². The van der Waals surface area contributed by atoms with Gasteiger partial charge < -0.3 is 11.5 Å². The van der Waals surface area contributed by atoms with Crippen LogP contribution in [0.15, 0.2) is 0 Å². The van der Waals surface area contributed by atoms with Crippen LogP contribution in [0.5, 0.6) is 0 Å². The molecule has 1 atom stereocenters. The summed E-state index contributed by atoms with van der Waals surface area (Å²) in [4.78, 5) is 23.7. The highest BCUT2D eigenvalue weighted by Gasteiger charge is 2.23. The molecule has 1 unspecified atom stereocenters. The number of hydrogen-bond acceptors (Lipinski definition) is 4. The Morgan fingerprint density at radius 3 is 2.73 bits per heavy atom. The Kier molecular flexibility index (Phi) is 4.51. The largest absolute Gasteiger partial charge is 0.351 e. The number of carbonyl (C=O) groups is 2. The highest BCUT2D eigenvalue weighted by atomic mass is 16.2. The third kappa shape index (κ3) is 3.85. The van der Waals surface area contributed by atoms with Gasteiger partial charge in [0.15, 0.2) is 0 Å². The van der Waals surface area contributed by atoms with Gasteiger partial charge in [0.25, 0.3) is 0 Å². The van der Waals surface area contributed by atoms with E-state index in [1.165, 1.54) is 0 Å². The van der Waals surface area contributed by atoms with Gasteiger partial charge in [-0.15, -0.1) is 0 Å². The Hall–Kier alpha value is -1.14. The van der Waals surface area contributed by atoms with Crippen molar-refractivity contribution in [3.63, 3.8) is 0 Å². The van der Waals surface area contributed by atoms with Gasteiger partial charge in [0.05, 0.1) is 6.54 Å². The smallest absolute Gasteiger partial charge is 0.318 e. The van der Waals surface area contributed by atoms with Crippen LogP contribution in [0.25, 0.3) is 0 Å². The molecule has 0 aromatic rings. The van der Waals surface area contributed by atoms with Crippen LogP contribution in [0.1, 0.15) is 19.3 Å². The zero-order valence-corrected chi connectivity index (χ0v) is 8.74. The zero-order valence-electron chi connectivity index (χ0n) is 8.74. The summed E-state index contributed by atoms with van der Waals surface area (Å²) in [6.07, 6.45) is 3.23. The molecule has 0 bridgehead atoms. The van der Waals surface area contributed by atoms with E-state index in [9.17, 15) is 9.59 Å². The molecule has 0 saturated carbocycles. The molecule has 5 N–H and O–H groups in total. The number of likely N-dealkylation sites (tertiary alicyclic amines) is 1. The molecule has 1 aliphatic heterocycles. The van der Waals surface area contributed by atoms with Gasteiger partial charge in [0, 0.05) is 12.6 Å². The Morgan fingerprint density at radius 2 is 2.13 bits per heavy atom. The number of rotatable bonds is 3. The van der Waals surface area contributed by atoms with Crippen LogP contribution in [0.3, 0.4) is 0 Å². The highest BCUT2D eigenvalue weighted by molar-refractivity contribution is 5.94. The maximum Gasteiger partial charge on any atom is 0.318 e. The molecule has 0 radical (unpaired) electrons. The van der Waals surface area contributed by atoms with E-state index in [1.807, 2.05) is 4.90 Å². The number of carbonyl (C=O) groups excluding carboxylic acids is 2. The molecule has 15 heavy (non-hydrogen) atoms. The summed E-state index contributed by atoms with van der Waals surface area (Å²) in [5.41, 5.74) is 10.5. The van der Waals surface area contributed by atoms with Gasteiger partial charge >= 0.3 is 6.03 Å². The summed E-state index contributed by atoms with van der Waals surface area (Å²) in [7, 11) is 0. The van der Waals surface area contributed by atoms with Gasteiger partial charge in [-0.3, -0.25) is 15.0 Å². The predicted molar refractivity (Wildman–Crippen MR) is 56.0 cm³/mol. The molecule has 3 amide bonds. The lowest BCUT2D eigenvalue weighted by atomic mass is 10.0. The number of urea groups is 1. The fraction of sp³-hybridized carbons (Fsp3) is 0.778. The van der Waals surface area contributed by atoms with E-state index in [4.69, 9.17) is 11.5 Å². The normalized spacial score (nSPS) is 22.3. The van der Waals surface area contributed by atoms with Crippen LogP contribution in [0.2, 0.25) is 0 Å². The molecule has 0 aliphatic carbocycles. The molecule has 1 rings (SSSR count). The molecule has 0 spiro atoms. The van der Waals surface area contributed by atoms with Gasteiger partial charge in [-0.2, -0.15) is 0 Å². The minimum Gasteiger partial charge on any atom is -0.351 e. The van der Waals surface area contributed by atoms with Gasteiger partial charge in [-0.05, 0) is 19.4 Å². The average molecular weight is 214 g/mol. The Labute approximate surface area is 89.0 Å². The molecule has 1 aliphatic rings. The van der Waals surface area contributed by atoms with Crippen LogP contribution in [0.4, 0.5) is 4.79 Å². The first-order valence-electron chi connectivity index (χ1n) is 5.17. The van der Waals surface area contributed by atoms with Crippen molar-refractivity contribution in [3.05, 3.63) is 0 Å². The summed E-state index contributed by atoms with van der Waals surface area (Å²) in [5, 5.41) is 2.05. The van der Waals surface area contributed by atoms with E-state index < -0.39 is 6.03 Å². The van der Waals surface area contributed by atoms with Crippen molar-refractivity contribution < 1.29 is 9.59 Å². The van der Waals surface area contributed by atoms with E-state index in [-0.39, 0.29) is 18.5 Å². The van der Waals surface area contributed by atoms with Crippen LogP contribution in [-0.2, 0) is 4.79 Å². The second-order valence-corrected chi connectivity index (χ2v) is 3.77. The molecular weight excluding hydrogens is 196 g/mol. The Bertz CT molecular complexity index is 244. The topological polar surface area (TPSA) is 101 Å². The van der Waals surface area contributed by atoms with Crippen LogP contribution >= 0.6 is 0 Å². The molecule has 6 nitrogen and oxygen atoms in total. The van der Waals surface area contributed by atoms with Crippen molar-refractivity contribution in [1.29, 1.82) is 0 Å². The minimum absolute atomic E-state index is 0.199.